The minimum atomic E-state index is -0.364. The molecule has 2 aromatic heterocycles. The Morgan fingerprint density at radius 3 is 2.48 bits per heavy atom. The van der Waals surface area contributed by atoms with Gasteiger partial charge in [-0.15, -0.1) is 0 Å². The van der Waals surface area contributed by atoms with Gasteiger partial charge in [0.2, 0.25) is 0 Å². The molecule has 1 N–H and O–H groups in total. The van der Waals surface area contributed by atoms with E-state index in [9.17, 15) is 14.7 Å². The molecule has 0 unspecified atom stereocenters. The molecule has 0 radical (unpaired) electrons. The van der Waals surface area contributed by atoms with Crippen molar-refractivity contribution in [3.8, 4) is 11.5 Å². The third kappa shape index (κ3) is 2.92. The standard InChI is InChI=1S/C19H22N4O4/c1-5-22-17-15(18(25)23(6-2)19(22)26)21(3)14(20-17)11-10-12-8-7-9-13(27-4)16(12)24/h7-11,24H,5-6H2,1-4H3. The number of methoxy groups -OCH3 is 1. The number of rotatable bonds is 5. The molecule has 0 bridgehead atoms. The van der Waals surface area contributed by atoms with Crippen LogP contribution < -0.4 is 16.0 Å². The van der Waals surface area contributed by atoms with E-state index in [0.29, 0.717) is 41.4 Å². The van der Waals surface area contributed by atoms with E-state index in [0.717, 1.165) is 0 Å². The lowest BCUT2D eigenvalue weighted by molar-refractivity contribution is 0.373. The van der Waals surface area contributed by atoms with Gasteiger partial charge in [0.25, 0.3) is 5.56 Å². The lowest BCUT2D eigenvalue weighted by Gasteiger charge is -2.08. The maximum absolute atomic E-state index is 12.7. The summed E-state index contributed by atoms with van der Waals surface area (Å²) in [5.41, 5.74) is 0.555. The number of aryl methyl sites for hydroxylation is 2. The van der Waals surface area contributed by atoms with Gasteiger partial charge in [0, 0.05) is 25.7 Å². The molecule has 27 heavy (non-hydrogen) atoms. The Kier molecular flexibility index (Phi) is 4.89. The molecule has 3 aromatic rings. The summed E-state index contributed by atoms with van der Waals surface area (Å²) in [6.45, 7) is 4.30. The van der Waals surface area contributed by atoms with Crippen LogP contribution in [-0.2, 0) is 20.1 Å². The maximum Gasteiger partial charge on any atom is 0.332 e. The summed E-state index contributed by atoms with van der Waals surface area (Å²) in [5, 5.41) is 10.2. The van der Waals surface area contributed by atoms with E-state index in [1.54, 1.807) is 48.9 Å². The summed E-state index contributed by atoms with van der Waals surface area (Å²) in [7, 11) is 3.21. The molecular weight excluding hydrogens is 348 g/mol. The number of nitrogens with zero attached hydrogens (tertiary/aromatic N) is 4. The van der Waals surface area contributed by atoms with Crippen molar-refractivity contribution in [1.29, 1.82) is 0 Å². The number of imidazole rings is 1. The molecule has 0 amide bonds. The maximum atomic E-state index is 12.7. The highest BCUT2D eigenvalue weighted by Gasteiger charge is 2.17. The van der Waals surface area contributed by atoms with Gasteiger partial charge in [-0.05, 0) is 32.1 Å². The Morgan fingerprint density at radius 1 is 1.15 bits per heavy atom. The van der Waals surface area contributed by atoms with Gasteiger partial charge >= 0.3 is 5.69 Å². The van der Waals surface area contributed by atoms with Gasteiger partial charge in [0.1, 0.15) is 5.82 Å². The molecule has 0 saturated heterocycles. The van der Waals surface area contributed by atoms with Gasteiger partial charge in [-0.1, -0.05) is 12.1 Å². The summed E-state index contributed by atoms with van der Waals surface area (Å²) in [4.78, 5) is 29.7. The number of benzene rings is 1. The number of aromatic hydroxyl groups is 1. The highest BCUT2D eigenvalue weighted by molar-refractivity contribution is 5.78. The van der Waals surface area contributed by atoms with Crippen molar-refractivity contribution in [1.82, 2.24) is 18.7 Å². The smallest absolute Gasteiger partial charge is 0.332 e. The van der Waals surface area contributed by atoms with Crippen LogP contribution in [0.15, 0.2) is 27.8 Å². The van der Waals surface area contributed by atoms with E-state index >= 15 is 0 Å². The normalized spacial score (nSPS) is 11.6. The predicted molar refractivity (Wildman–Crippen MR) is 104 cm³/mol. The molecule has 2 heterocycles. The van der Waals surface area contributed by atoms with E-state index in [1.165, 1.54) is 16.2 Å². The van der Waals surface area contributed by atoms with E-state index < -0.39 is 0 Å². The monoisotopic (exact) mass is 370 g/mol. The van der Waals surface area contributed by atoms with E-state index in [-0.39, 0.29) is 17.0 Å². The molecule has 0 atom stereocenters. The Hall–Kier alpha value is -3.29. The van der Waals surface area contributed by atoms with Gasteiger partial charge in [-0.3, -0.25) is 13.9 Å². The fourth-order valence-electron chi connectivity index (χ4n) is 3.10. The average Bonchev–Trinajstić information content (AvgIpc) is 2.98. The first-order chi connectivity index (χ1) is 12.9. The van der Waals surface area contributed by atoms with Gasteiger partial charge in [-0.2, -0.15) is 0 Å². The summed E-state index contributed by atoms with van der Waals surface area (Å²) < 4.78 is 9.45. The number of phenolic OH excluding ortho intramolecular Hbond substituents is 1. The van der Waals surface area contributed by atoms with Crippen molar-refractivity contribution in [3.05, 3.63) is 50.4 Å². The molecule has 0 aliphatic carbocycles. The van der Waals surface area contributed by atoms with Crippen molar-refractivity contribution < 1.29 is 9.84 Å². The van der Waals surface area contributed by atoms with Crippen molar-refractivity contribution in [3.63, 3.8) is 0 Å². The predicted octanol–water partition coefficient (Wildman–Crippen LogP) is 1.82. The van der Waals surface area contributed by atoms with Crippen LogP contribution in [0.5, 0.6) is 11.5 Å². The summed E-state index contributed by atoms with van der Waals surface area (Å²) in [6.07, 6.45) is 3.38. The molecule has 1 aromatic carbocycles. The van der Waals surface area contributed by atoms with E-state index in [4.69, 9.17) is 4.74 Å². The lowest BCUT2D eigenvalue weighted by Crippen LogP contribution is -2.39. The lowest BCUT2D eigenvalue weighted by atomic mass is 10.1. The third-order valence-electron chi connectivity index (χ3n) is 4.57. The van der Waals surface area contributed by atoms with Gasteiger partial charge in [0.05, 0.1) is 7.11 Å². The fourth-order valence-corrected chi connectivity index (χ4v) is 3.10. The Labute approximate surface area is 155 Å². The molecule has 8 nitrogen and oxygen atoms in total. The number of fused-ring (bicyclic) bond motifs is 1. The second-order valence-electron chi connectivity index (χ2n) is 6.01. The molecule has 0 saturated carbocycles. The second-order valence-corrected chi connectivity index (χ2v) is 6.01. The van der Waals surface area contributed by atoms with Crippen LogP contribution in [0.2, 0.25) is 0 Å². The molecule has 0 aliphatic heterocycles. The number of hydrogen-bond donors (Lipinski definition) is 1. The molecule has 0 fully saturated rings. The first-order valence-electron chi connectivity index (χ1n) is 8.68. The van der Waals surface area contributed by atoms with Gasteiger partial charge in [0.15, 0.2) is 22.7 Å². The van der Waals surface area contributed by atoms with Crippen LogP contribution in [0, 0.1) is 0 Å². The Bertz CT molecular complexity index is 1150. The van der Waals surface area contributed by atoms with Crippen LogP contribution in [0.4, 0.5) is 0 Å². The topological polar surface area (TPSA) is 91.3 Å². The fraction of sp³-hybridized carbons (Fsp3) is 0.316. The third-order valence-corrected chi connectivity index (χ3v) is 4.57. The van der Waals surface area contributed by atoms with Crippen LogP contribution in [-0.4, -0.2) is 30.9 Å². The van der Waals surface area contributed by atoms with Gasteiger partial charge in [-0.25, -0.2) is 9.78 Å². The summed E-state index contributed by atoms with van der Waals surface area (Å²) in [6, 6.07) is 5.17. The first kappa shape index (κ1) is 18.5. The first-order valence-corrected chi connectivity index (χ1v) is 8.68. The number of phenols is 1. The number of para-hydroxylation sites is 1. The minimum Gasteiger partial charge on any atom is -0.504 e. The van der Waals surface area contributed by atoms with Crippen LogP contribution in [0.1, 0.15) is 25.2 Å². The van der Waals surface area contributed by atoms with Gasteiger partial charge < -0.3 is 14.4 Å². The molecule has 8 heteroatoms. The highest BCUT2D eigenvalue weighted by atomic mass is 16.5. The largest absolute Gasteiger partial charge is 0.504 e. The van der Waals surface area contributed by atoms with Crippen LogP contribution >= 0.6 is 0 Å². The molecule has 3 rings (SSSR count). The van der Waals surface area contributed by atoms with E-state index in [1.807, 2.05) is 6.92 Å². The van der Waals surface area contributed by atoms with Crippen molar-refractivity contribution in [2.24, 2.45) is 7.05 Å². The Morgan fingerprint density at radius 2 is 1.85 bits per heavy atom. The highest BCUT2D eigenvalue weighted by Crippen LogP contribution is 2.30. The zero-order valence-corrected chi connectivity index (χ0v) is 15.8. The minimum absolute atomic E-state index is 0.0221. The van der Waals surface area contributed by atoms with Crippen molar-refractivity contribution >= 4 is 23.3 Å². The molecular formula is C19H22N4O4. The number of aromatic nitrogens is 4. The van der Waals surface area contributed by atoms with Crippen LogP contribution in [0.25, 0.3) is 23.3 Å². The quantitative estimate of drug-likeness (QED) is 0.740. The summed E-state index contributed by atoms with van der Waals surface area (Å²) >= 11 is 0. The molecule has 0 aliphatic rings. The van der Waals surface area contributed by atoms with Crippen molar-refractivity contribution in [2.75, 3.05) is 7.11 Å². The van der Waals surface area contributed by atoms with E-state index in [2.05, 4.69) is 4.98 Å². The van der Waals surface area contributed by atoms with Crippen molar-refractivity contribution in [2.45, 2.75) is 26.9 Å². The Balaban J connectivity index is 2.20. The zero-order chi connectivity index (χ0) is 19.7. The van der Waals surface area contributed by atoms with Crippen LogP contribution in [0.3, 0.4) is 0 Å². The average molecular weight is 370 g/mol. The molecule has 0 spiro atoms. The molecule has 142 valence electrons. The summed E-state index contributed by atoms with van der Waals surface area (Å²) in [5.74, 6) is 0.890. The number of ether oxygens (including phenoxy) is 1. The zero-order valence-electron chi connectivity index (χ0n) is 15.8. The number of hydrogen-bond acceptors (Lipinski definition) is 5. The SMILES string of the molecule is CCn1c(=O)c2c(nc(C=Cc3cccc(OC)c3O)n2C)n(CC)c1=O. The second kappa shape index (κ2) is 7.14.